The molecular formula is C19H18N6O2S. The van der Waals surface area contributed by atoms with Gasteiger partial charge in [0.05, 0.1) is 18.9 Å². The van der Waals surface area contributed by atoms with Crippen LogP contribution < -0.4 is 0 Å². The molecule has 0 N–H and O–H groups in total. The Balaban J connectivity index is 1.52. The van der Waals surface area contributed by atoms with Crippen LogP contribution in [0.1, 0.15) is 5.89 Å². The van der Waals surface area contributed by atoms with Crippen LogP contribution in [-0.4, -0.2) is 43.7 Å². The third-order valence-electron chi connectivity index (χ3n) is 3.99. The lowest BCUT2D eigenvalue weighted by Crippen LogP contribution is -2.07. The molecule has 4 rings (SSSR count). The Labute approximate surface area is 166 Å². The third kappa shape index (κ3) is 4.10. The zero-order valence-corrected chi connectivity index (χ0v) is 16.0. The Hall–Kier alpha value is -3.04. The van der Waals surface area contributed by atoms with Crippen LogP contribution in [0.5, 0.6) is 0 Å². The second-order valence-corrected chi connectivity index (χ2v) is 6.78. The molecule has 3 heterocycles. The zero-order valence-electron chi connectivity index (χ0n) is 15.2. The molecule has 0 fully saturated rings. The SMILES string of the molecule is COCCn1c(SCc2nnc(-c3ccccc3)o2)nnc1-c1ccncc1. The first kappa shape index (κ1) is 18.3. The number of hydrogen-bond acceptors (Lipinski definition) is 8. The van der Waals surface area contributed by atoms with Crippen molar-refractivity contribution in [2.45, 2.75) is 17.5 Å². The van der Waals surface area contributed by atoms with Crippen molar-refractivity contribution >= 4 is 11.8 Å². The van der Waals surface area contributed by atoms with Gasteiger partial charge in [-0.25, -0.2) is 0 Å². The maximum absolute atomic E-state index is 5.77. The minimum absolute atomic E-state index is 0.501. The quantitative estimate of drug-likeness (QED) is 0.420. The highest BCUT2D eigenvalue weighted by Gasteiger charge is 2.16. The molecule has 1 aromatic carbocycles. The standard InChI is InChI=1S/C19H18N6O2S/c1-26-12-11-25-17(14-7-9-20-10-8-14)22-24-19(25)28-13-16-21-23-18(27-16)15-5-3-2-4-6-15/h2-10H,11-13H2,1H3. The Morgan fingerprint density at radius 1 is 0.964 bits per heavy atom. The fourth-order valence-electron chi connectivity index (χ4n) is 2.63. The molecule has 28 heavy (non-hydrogen) atoms. The van der Waals surface area contributed by atoms with Crippen molar-refractivity contribution in [2.24, 2.45) is 0 Å². The van der Waals surface area contributed by atoms with E-state index in [-0.39, 0.29) is 0 Å². The number of methoxy groups -OCH3 is 1. The summed E-state index contributed by atoms with van der Waals surface area (Å²) in [6.45, 7) is 1.20. The van der Waals surface area contributed by atoms with Gasteiger partial charge in [-0.05, 0) is 24.3 Å². The second-order valence-electron chi connectivity index (χ2n) is 5.84. The van der Waals surface area contributed by atoms with E-state index in [0.717, 1.165) is 22.1 Å². The minimum atomic E-state index is 0.501. The van der Waals surface area contributed by atoms with E-state index in [0.29, 0.717) is 30.7 Å². The van der Waals surface area contributed by atoms with Gasteiger partial charge >= 0.3 is 0 Å². The van der Waals surface area contributed by atoms with Gasteiger partial charge in [-0.15, -0.1) is 20.4 Å². The summed E-state index contributed by atoms with van der Waals surface area (Å²) >= 11 is 1.50. The lowest BCUT2D eigenvalue weighted by Gasteiger charge is -2.09. The molecule has 0 unspecified atom stereocenters. The van der Waals surface area contributed by atoms with Gasteiger partial charge in [0.2, 0.25) is 11.8 Å². The van der Waals surface area contributed by atoms with Crippen LogP contribution in [0, 0.1) is 0 Å². The highest BCUT2D eigenvalue weighted by molar-refractivity contribution is 7.98. The highest BCUT2D eigenvalue weighted by Crippen LogP contribution is 2.27. The van der Waals surface area contributed by atoms with Gasteiger partial charge in [-0.1, -0.05) is 30.0 Å². The van der Waals surface area contributed by atoms with Crippen LogP contribution >= 0.6 is 11.8 Å². The molecular weight excluding hydrogens is 376 g/mol. The van der Waals surface area contributed by atoms with Gasteiger partial charge in [-0.3, -0.25) is 9.55 Å². The second kappa shape index (κ2) is 8.77. The van der Waals surface area contributed by atoms with Gasteiger partial charge in [0.15, 0.2) is 11.0 Å². The Kier molecular flexibility index (Phi) is 5.74. The molecule has 4 aromatic rings. The molecule has 9 heteroatoms. The van der Waals surface area contributed by atoms with Crippen molar-refractivity contribution < 1.29 is 9.15 Å². The fraction of sp³-hybridized carbons (Fsp3) is 0.211. The van der Waals surface area contributed by atoms with Gasteiger partial charge in [0.25, 0.3) is 0 Å². The summed E-state index contributed by atoms with van der Waals surface area (Å²) in [7, 11) is 1.67. The maximum Gasteiger partial charge on any atom is 0.247 e. The van der Waals surface area contributed by atoms with Crippen LogP contribution in [0.3, 0.4) is 0 Å². The summed E-state index contributed by atoms with van der Waals surface area (Å²) in [5.74, 6) is 2.32. The lowest BCUT2D eigenvalue weighted by molar-refractivity contribution is 0.185. The molecule has 0 aliphatic heterocycles. The molecule has 0 spiro atoms. The number of nitrogens with zero attached hydrogens (tertiary/aromatic N) is 6. The fourth-order valence-corrected chi connectivity index (χ4v) is 3.43. The Bertz CT molecular complexity index is 1020. The molecule has 0 saturated carbocycles. The van der Waals surface area contributed by atoms with E-state index in [9.17, 15) is 0 Å². The molecule has 0 radical (unpaired) electrons. The van der Waals surface area contributed by atoms with Gasteiger partial charge < -0.3 is 9.15 Å². The average molecular weight is 394 g/mol. The summed E-state index contributed by atoms with van der Waals surface area (Å²) in [6, 6.07) is 13.5. The Morgan fingerprint density at radius 3 is 2.57 bits per heavy atom. The molecule has 0 saturated heterocycles. The van der Waals surface area contributed by atoms with E-state index < -0.39 is 0 Å². The Morgan fingerprint density at radius 2 is 1.79 bits per heavy atom. The van der Waals surface area contributed by atoms with Crippen LogP contribution in [0.2, 0.25) is 0 Å². The maximum atomic E-state index is 5.77. The third-order valence-corrected chi connectivity index (χ3v) is 4.94. The molecule has 0 aliphatic rings. The first-order valence-electron chi connectivity index (χ1n) is 8.68. The number of pyridine rings is 1. The van der Waals surface area contributed by atoms with Crippen LogP contribution in [0.4, 0.5) is 0 Å². The van der Waals surface area contributed by atoms with Crippen LogP contribution in [0.25, 0.3) is 22.8 Å². The van der Waals surface area contributed by atoms with E-state index >= 15 is 0 Å². The summed E-state index contributed by atoms with van der Waals surface area (Å²) in [6.07, 6.45) is 3.47. The van der Waals surface area contributed by atoms with Crippen molar-refractivity contribution in [3.63, 3.8) is 0 Å². The smallest absolute Gasteiger partial charge is 0.247 e. The van der Waals surface area contributed by atoms with Crippen molar-refractivity contribution in [3.05, 3.63) is 60.7 Å². The summed E-state index contributed by atoms with van der Waals surface area (Å²) in [5.41, 5.74) is 1.85. The van der Waals surface area contributed by atoms with Gasteiger partial charge in [-0.2, -0.15) is 0 Å². The first-order valence-corrected chi connectivity index (χ1v) is 9.67. The molecule has 142 valence electrons. The summed E-state index contributed by atoms with van der Waals surface area (Å²) in [5, 5.41) is 17.7. The minimum Gasteiger partial charge on any atom is -0.420 e. The van der Waals surface area contributed by atoms with Crippen molar-refractivity contribution in [3.8, 4) is 22.8 Å². The number of aromatic nitrogens is 6. The molecule has 0 aliphatic carbocycles. The molecule has 8 nitrogen and oxygen atoms in total. The van der Waals surface area contributed by atoms with E-state index in [1.54, 1.807) is 19.5 Å². The predicted octanol–water partition coefficient (Wildman–Crippen LogP) is 3.33. The number of benzene rings is 1. The lowest BCUT2D eigenvalue weighted by atomic mass is 10.2. The molecule has 0 atom stereocenters. The van der Waals surface area contributed by atoms with Crippen LogP contribution in [-0.2, 0) is 17.0 Å². The van der Waals surface area contributed by atoms with E-state index in [1.165, 1.54) is 11.8 Å². The highest BCUT2D eigenvalue weighted by atomic mass is 32.2. The number of thioether (sulfide) groups is 1. The number of ether oxygens (including phenoxy) is 1. The largest absolute Gasteiger partial charge is 0.420 e. The molecule has 0 amide bonds. The van der Waals surface area contributed by atoms with Gasteiger partial charge in [0.1, 0.15) is 0 Å². The topological polar surface area (TPSA) is 91.8 Å². The summed E-state index contributed by atoms with van der Waals surface area (Å²) in [4.78, 5) is 4.06. The predicted molar refractivity (Wildman–Crippen MR) is 104 cm³/mol. The molecule has 3 aromatic heterocycles. The first-order chi connectivity index (χ1) is 13.8. The van der Waals surface area contributed by atoms with Crippen molar-refractivity contribution in [1.29, 1.82) is 0 Å². The molecule has 0 bridgehead atoms. The van der Waals surface area contributed by atoms with Crippen molar-refractivity contribution in [1.82, 2.24) is 29.9 Å². The van der Waals surface area contributed by atoms with E-state index in [1.807, 2.05) is 47.0 Å². The van der Waals surface area contributed by atoms with Crippen LogP contribution in [0.15, 0.2) is 64.4 Å². The monoisotopic (exact) mass is 394 g/mol. The van der Waals surface area contributed by atoms with Gasteiger partial charge in [0, 0.05) is 30.6 Å². The number of rotatable bonds is 8. The average Bonchev–Trinajstić information content (AvgIpc) is 3.39. The van der Waals surface area contributed by atoms with Crippen molar-refractivity contribution in [2.75, 3.05) is 13.7 Å². The summed E-state index contributed by atoms with van der Waals surface area (Å²) < 4.78 is 13.0. The normalized spacial score (nSPS) is 11.0. The van der Waals surface area contributed by atoms with E-state index in [2.05, 4.69) is 25.4 Å². The van der Waals surface area contributed by atoms with E-state index in [4.69, 9.17) is 9.15 Å². The number of hydrogen-bond donors (Lipinski definition) is 0. The zero-order chi connectivity index (χ0) is 19.2.